The van der Waals surface area contributed by atoms with Crippen molar-refractivity contribution >= 4 is 5.91 Å². The third-order valence-electron chi connectivity index (χ3n) is 3.56. The second-order valence-corrected chi connectivity index (χ2v) is 5.02. The molecule has 4 heteroatoms. The van der Waals surface area contributed by atoms with Crippen LogP contribution in [0.15, 0.2) is 24.3 Å². The summed E-state index contributed by atoms with van der Waals surface area (Å²) in [5.74, 6) is 0.112. The fourth-order valence-electron chi connectivity index (χ4n) is 2.46. The standard InChI is InChI=1S/C14H20N2O2/c1-15-8-4-6-12(10-15)16(2)14(18)11-5-3-7-13(17)9-11/h3,5,7,9,12,17H,4,6,8,10H2,1-2H3. The molecule has 98 valence electrons. The molecule has 0 spiro atoms. The van der Waals surface area contributed by atoms with Crippen molar-refractivity contribution in [1.29, 1.82) is 0 Å². The summed E-state index contributed by atoms with van der Waals surface area (Å²) in [4.78, 5) is 16.3. The van der Waals surface area contributed by atoms with Crippen molar-refractivity contribution < 1.29 is 9.90 Å². The Balaban J connectivity index is 2.08. The molecule has 0 aliphatic carbocycles. The molecule has 1 N–H and O–H groups in total. The first-order chi connectivity index (χ1) is 8.58. The number of likely N-dealkylation sites (N-methyl/N-ethyl adjacent to an activating group) is 2. The van der Waals surface area contributed by atoms with E-state index < -0.39 is 0 Å². The van der Waals surface area contributed by atoms with Crippen LogP contribution in [-0.4, -0.2) is 54.0 Å². The first-order valence-corrected chi connectivity index (χ1v) is 6.32. The van der Waals surface area contributed by atoms with Gasteiger partial charge in [0.25, 0.3) is 5.91 Å². The SMILES string of the molecule is CN1CCCC(N(C)C(=O)c2cccc(O)c2)C1. The molecule has 1 aliphatic rings. The van der Waals surface area contributed by atoms with Crippen molar-refractivity contribution in [2.75, 3.05) is 27.2 Å². The van der Waals surface area contributed by atoms with Crippen molar-refractivity contribution in [2.45, 2.75) is 18.9 Å². The average molecular weight is 248 g/mol. The summed E-state index contributed by atoms with van der Waals surface area (Å²) in [6.45, 7) is 2.02. The van der Waals surface area contributed by atoms with Crippen LogP contribution in [0.4, 0.5) is 0 Å². The molecule has 1 saturated heterocycles. The van der Waals surface area contributed by atoms with Gasteiger partial charge in [0, 0.05) is 25.2 Å². The summed E-state index contributed by atoms with van der Waals surface area (Å²) >= 11 is 0. The summed E-state index contributed by atoms with van der Waals surface area (Å²) < 4.78 is 0. The van der Waals surface area contributed by atoms with Crippen molar-refractivity contribution in [3.8, 4) is 5.75 Å². The van der Waals surface area contributed by atoms with Crippen LogP contribution >= 0.6 is 0 Å². The largest absolute Gasteiger partial charge is 0.508 e. The lowest BCUT2D eigenvalue weighted by Crippen LogP contribution is -2.47. The molecule has 0 radical (unpaired) electrons. The zero-order chi connectivity index (χ0) is 13.1. The van der Waals surface area contributed by atoms with Gasteiger partial charge in [-0.15, -0.1) is 0 Å². The van der Waals surface area contributed by atoms with Crippen molar-refractivity contribution in [2.24, 2.45) is 0 Å². The lowest BCUT2D eigenvalue weighted by Gasteiger charge is -2.35. The third-order valence-corrected chi connectivity index (χ3v) is 3.56. The number of carbonyl (C=O) groups excluding carboxylic acids is 1. The van der Waals surface area contributed by atoms with Crippen LogP contribution in [-0.2, 0) is 0 Å². The van der Waals surface area contributed by atoms with E-state index in [-0.39, 0.29) is 17.7 Å². The van der Waals surface area contributed by atoms with Gasteiger partial charge in [0.1, 0.15) is 5.75 Å². The van der Waals surface area contributed by atoms with E-state index in [1.54, 1.807) is 23.1 Å². The van der Waals surface area contributed by atoms with E-state index in [9.17, 15) is 9.90 Å². The Morgan fingerprint density at radius 1 is 1.50 bits per heavy atom. The van der Waals surface area contributed by atoms with Crippen LogP contribution < -0.4 is 0 Å². The number of phenolic OH excluding ortho intramolecular Hbond substituents is 1. The minimum Gasteiger partial charge on any atom is -0.508 e. The topological polar surface area (TPSA) is 43.8 Å². The third kappa shape index (κ3) is 2.82. The maximum Gasteiger partial charge on any atom is 0.254 e. The normalized spacial score (nSPS) is 20.7. The number of piperidine rings is 1. The predicted octanol–water partition coefficient (Wildman–Crippen LogP) is 1.56. The Bertz CT molecular complexity index is 434. The minimum absolute atomic E-state index is 0.0220. The summed E-state index contributed by atoms with van der Waals surface area (Å²) in [5.41, 5.74) is 0.547. The molecule has 1 aliphatic heterocycles. The van der Waals surface area contributed by atoms with E-state index in [2.05, 4.69) is 11.9 Å². The molecule has 0 aromatic heterocycles. The molecular weight excluding hydrogens is 228 g/mol. The number of amides is 1. The fourth-order valence-corrected chi connectivity index (χ4v) is 2.46. The highest BCUT2D eigenvalue weighted by Crippen LogP contribution is 2.18. The van der Waals surface area contributed by atoms with Gasteiger partial charge in [0.2, 0.25) is 0 Å². The number of likely N-dealkylation sites (tertiary alicyclic amines) is 1. The molecule has 4 nitrogen and oxygen atoms in total. The maximum atomic E-state index is 12.3. The second kappa shape index (κ2) is 5.40. The number of rotatable bonds is 2. The molecule has 2 rings (SSSR count). The smallest absolute Gasteiger partial charge is 0.254 e. The average Bonchev–Trinajstić information content (AvgIpc) is 2.37. The highest BCUT2D eigenvalue weighted by Gasteiger charge is 2.25. The first-order valence-electron chi connectivity index (χ1n) is 6.32. The van der Waals surface area contributed by atoms with Crippen LogP contribution in [0, 0.1) is 0 Å². The van der Waals surface area contributed by atoms with Gasteiger partial charge in [0.15, 0.2) is 0 Å². The number of hydrogen-bond acceptors (Lipinski definition) is 3. The Labute approximate surface area is 108 Å². The molecule has 18 heavy (non-hydrogen) atoms. The van der Waals surface area contributed by atoms with E-state index >= 15 is 0 Å². The number of phenols is 1. The lowest BCUT2D eigenvalue weighted by molar-refractivity contribution is 0.0643. The van der Waals surface area contributed by atoms with Gasteiger partial charge < -0.3 is 14.9 Å². The van der Waals surface area contributed by atoms with E-state index in [1.165, 1.54) is 6.07 Å². The molecule has 1 heterocycles. The second-order valence-electron chi connectivity index (χ2n) is 5.02. The Kier molecular flexibility index (Phi) is 3.87. The molecule has 1 aromatic carbocycles. The fraction of sp³-hybridized carbons (Fsp3) is 0.500. The molecular formula is C14H20N2O2. The zero-order valence-electron chi connectivity index (χ0n) is 11.0. The highest BCUT2D eigenvalue weighted by atomic mass is 16.3. The molecule has 1 amide bonds. The quantitative estimate of drug-likeness (QED) is 0.863. The van der Waals surface area contributed by atoms with Gasteiger partial charge in [-0.2, -0.15) is 0 Å². The summed E-state index contributed by atoms with van der Waals surface area (Å²) in [7, 11) is 3.93. The molecule has 1 atom stereocenters. The molecule has 1 unspecified atom stereocenters. The van der Waals surface area contributed by atoms with Crippen LogP contribution in [0.1, 0.15) is 23.2 Å². The van der Waals surface area contributed by atoms with E-state index in [4.69, 9.17) is 0 Å². The van der Waals surface area contributed by atoms with Crippen LogP contribution in [0.3, 0.4) is 0 Å². The maximum absolute atomic E-state index is 12.3. The summed E-state index contributed by atoms with van der Waals surface area (Å²) in [5, 5.41) is 9.42. The summed E-state index contributed by atoms with van der Waals surface area (Å²) in [6.07, 6.45) is 2.17. The van der Waals surface area contributed by atoms with Gasteiger partial charge in [-0.05, 0) is 44.6 Å². The summed E-state index contributed by atoms with van der Waals surface area (Å²) in [6, 6.07) is 6.80. The van der Waals surface area contributed by atoms with E-state index in [0.717, 1.165) is 25.9 Å². The van der Waals surface area contributed by atoms with Crippen molar-refractivity contribution in [3.63, 3.8) is 0 Å². The van der Waals surface area contributed by atoms with Gasteiger partial charge in [0.05, 0.1) is 0 Å². The number of benzene rings is 1. The Hall–Kier alpha value is -1.55. The number of hydrogen-bond donors (Lipinski definition) is 1. The van der Waals surface area contributed by atoms with Crippen molar-refractivity contribution in [1.82, 2.24) is 9.80 Å². The van der Waals surface area contributed by atoms with Crippen LogP contribution in [0.5, 0.6) is 5.75 Å². The zero-order valence-corrected chi connectivity index (χ0v) is 11.0. The van der Waals surface area contributed by atoms with Gasteiger partial charge in [-0.25, -0.2) is 0 Å². The number of nitrogens with zero attached hydrogens (tertiary/aromatic N) is 2. The van der Waals surface area contributed by atoms with E-state index in [1.807, 2.05) is 7.05 Å². The van der Waals surface area contributed by atoms with Gasteiger partial charge in [-0.3, -0.25) is 4.79 Å². The molecule has 0 saturated carbocycles. The first kappa shape index (κ1) is 12.9. The van der Waals surface area contributed by atoms with Crippen molar-refractivity contribution in [3.05, 3.63) is 29.8 Å². The van der Waals surface area contributed by atoms with Gasteiger partial charge in [-0.1, -0.05) is 6.07 Å². The number of aromatic hydroxyl groups is 1. The number of carbonyl (C=O) groups is 1. The molecule has 0 bridgehead atoms. The van der Waals surface area contributed by atoms with Crippen LogP contribution in [0.25, 0.3) is 0 Å². The minimum atomic E-state index is -0.0220. The lowest BCUT2D eigenvalue weighted by atomic mass is 10.0. The van der Waals surface area contributed by atoms with E-state index in [0.29, 0.717) is 5.56 Å². The highest BCUT2D eigenvalue weighted by molar-refractivity contribution is 5.94. The Morgan fingerprint density at radius 2 is 2.28 bits per heavy atom. The monoisotopic (exact) mass is 248 g/mol. The molecule has 1 fully saturated rings. The Morgan fingerprint density at radius 3 is 2.94 bits per heavy atom. The van der Waals surface area contributed by atoms with Crippen LogP contribution in [0.2, 0.25) is 0 Å². The predicted molar refractivity (Wildman–Crippen MR) is 70.7 cm³/mol. The molecule has 1 aromatic rings. The van der Waals surface area contributed by atoms with Gasteiger partial charge >= 0.3 is 0 Å².